The molecule has 160 valence electrons. The smallest absolute Gasteiger partial charge is 0.331 e. The van der Waals surface area contributed by atoms with Crippen molar-refractivity contribution in [3.63, 3.8) is 0 Å². The van der Waals surface area contributed by atoms with Crippen LogP contribution < -0.4 is 11.1 Å². The maximum atomic E-state index is 12.8. The van der Waals surface area contributed by atoms with Crippen LogP contribution in [0.25, 0.3) is 10.2 Å². The average Bonchev–Trinajstić information content (AvgIpc) is 3.22. The molecule has 2 aromatic rings. The molecule has 2 fully saturated rings. The van der Waals surface area contributed by atoms with E-state index in [0.717, 1.165) is 15.8 Å². The van der Waals surface area contributed by atoms with Crippen LogP contribution in [0.1, 0.15) is 19.4 Å². The molecular formula is C19H25N7O3S. The van der Waals surface area contributed by atoms with E-state index in [1.54, 1.807) is 26.9 Å². The molecule has 2 aliphatic rings. The molecule has 0 spiro atoms. The Morgan fingerprint density at radius 2 is 2.10 bits per heavy atom. The molecule has 11 heteroatoms. The first-order valence-corrected chi connectivity index (χ1v) is 10.6. The van der Waals surface area contributed by atoms with Gasteiger partial charge in [0.2, 0.25) is 11.8 Å². The van der Waals surface area contributed by atoms with Gasteiger partial charge in [-0.05, 0) is 25.5 Å². The van der Waals surface area contributed by atoms with E-state index in [0.29, 0.717) is 18.2 Å². The number of anilines is 1. The Morgan fingerprint density at radius 3 is 2.80 bits per heavy atom. The number of nitrogens with one attached hydrogen (secondary N) is 1. The number of nitrogens with two attached hydrogens (primary N) is 1. The van der Waals surface area contributed by atoms with E-state index in [2.05, 4.69) is 10.3 Å². The van der Waals surface area contributed by atoms with Gasteiger partial charge in [-0.3, -0.25) is 14.6 Å². The predicted octanol–water partition coefficient (Wildman–Crippen LogP) is 0.656. The van der Waals surface area contributed by atoms with Gasteiger partial charge in [0.1, 0.15) is 12.7 Å². The second kappa shape index (κ2) is 7.73. The number of urea groups is 1. The van der Waals surface area contributed by atoms with Crippen LogP contribution in [0, 0.1) is 0 Å². The van der Waals surface area contributed by atoms with E-state index in [1.807, 2.05) is 32.0 Å². The molecule has 4 rings (SSSR count). The number of amides is 4. The largest absolute Gasteiger partial charge is 0.375 e. The minimum atomic E-state index is -0.394. The van der Waals surface area contributed by atoms with Crippen molar-refractivity contribution in [3.05, 3.63) is 23.8 Å². The number of hydrazine groups is 1. The molecule has 2 saturated heterocycles. The number of thiazole rings is 1. The summed E-state index contributed by atoms with van der Waals surface area (Å²) >= 11 is 1.41. The second-order valence-corrected chi connectivity index (χ2v) is 8.75. The number of rotatable bonds is 4. The zero-order valence-electron chi connectivity index (χ0n) is 17.2. The molecule has 0 bridgehead atoms. The lowest BCUT2D eigenvalue weighted by molar-refractivity contribution is -0.150. The fourth-order valence-corrected chi connectivity index (χ4v) is 4.87. The van der Waals surface area contributed by atoms with E-state index in [-0.39, 0.29) is 37.0 Å². The van der Waals surface area contributed by atoms with Crippen molar-refractivity contribution >= 4 is 44.5 Å². The Bertz CT molecular complexity index is 1010. The first kappa shape index (κ1) is 20.4. The summed E-state index contributed by atoms with van der Waals surface area (Å²) in [6.07, 6.45) is -0.394. The summed E-state index contributed by atoms with van der Waals surface area (Å²) in [4.78, 5) is 45.5. The molecule has 0 unspecified atom stereocenters. The van der Waals surface area contributed by atoms with Gasteiger partial charge in [0, 0.05) is 19.6 Å². The third-order valence-electron chi connectivity index (χ3n) is 5.43. The van der Waals surface area contributed by atoms with Crippen LogP contribution in [-0.4, -0.2) is 81.5 Å². The molecule has 0 aliphatic carbocycles. The summed E-state index contributed by atoms with van der Waals surface area (Å²) in [5.74, 6) is -0.283. The molecule has 1 atom stereocenters. The number of carbonyl (C=O) groups is 3. The number of para-hydroxylation sites is 1. The van der Waals surface area contributed by atoms with E-state index >= 15 is 0 Å². The number of piperazine rings is 1. The van der Waals surface area contributed by atoms with Crippen molar-refractivity contribution < 1.29 is 14.4 Å². The number of hydrogen-bond donors (Lipinski definition) is 2. The number of fused-ring (bicyclic) bond motifs is 2. The molecular weight excluding hydrogens is 406 g/mol. The highest BCUT2D eigenvalue weighted by Crippen LogP contribution is 2.29. The van der Waals surface area contributed by atoms with Gasteiger partial charge >= 0.3 is 6.03 Å². The van der Waals surface area contributed by atoms with Crippen LogP contribution in [0.4, 0.5) is 9.93 Å². The van der Waals surface area contributed by atoms with Crippen LogP contribution in [-0.2, 0) is 16.1 Å². The van der Waals surface area contributed by atoms with E-state index in [4.69, 9.17) is 5.73 Å². The number of carbonyl (C=O) groups excluding carboxylic acids is 3. The van der Waals surface area contributed by atoms with Crippen LogP contribution in [0.3, 0.4) is 0 Å². The number of nitrogen functional groups attached to an aromatic ring is 1. The minimum Gasteiger partial charge on any atom is -0.375 e. The molecule has 10 nitrogen and oxygen atoms in total. The topological polar surface area (TPSA) is 115 Å². The minimum absolute atomic E-state index is 0.00510. The number of nitrogens with zero attached hydrogens (tertiary/aromatic N) is 5. The number of aromatic nitrogens is 1. The molecule has 2 aliphatic heterocycles. The standard InChI is InChI=1S/C19H25N7O3S/c1-11(2)26(19(29)21-3)25-10-16(28)24-9-15(27)23(8-14(24)25)7-12-5-4-6-13-17(12)22-18(20)30-13/h4-6,11,14H,7-10H2,1-3H3,(H2,20,22)(H,21,29)/t14-/m0/s1. The van der Waals surface area contributed by atoms with E-state index < -0.39 is 6.17 Å². The zero-order chi connectivity index (χ0) is 21.6. The maximum absolute atomic E-state index is 12.8. The summed E-state index contributed by atoms with van der Waals surface area (Å²) < 4.78 is 0.972. The molecule has 30 heavy (non-hydrogen) atoms. The van der Waals surface area contributed by atoms with Crippen LogP contribution >= 0.6 is 11.3 Å². The Labute approximate surface area is 178 Å². The fraction of sp³-hybridized carbons (Fsp3) is 0.474. The SMILES string of the molecule is CNC(=O)N(C(C)C)N1CC(=O)N2CC(=O)N(Cc3cccc4sc(N)nc34)C[C@@H]21. The van der Waals surface area contributed by atoms with Crippen LogP contribution in [0.5, 0.6) is 0 Å². The van der Waals surface area contributed by atoms with Gasteiger partial charge in [-0.2, -0.15) is 5.01 Å². The zero-order valence-corrected chi connectivity index (χ0v) is 18.0. The van der Waals surface area contributed by atoms with Gasteiger partial charge in [0.15, 0.2) is 5.13 Å². The number of benzene rings is 1. The van der Waals surface area contributed by atoms with Crippen molar-refractivity contribution in [1.29, 1.82) is 0 Å². The molecule has 3 heterocycles. The van der Waals surface area contributed by atoms with Gasteiger partial charge in [-0.25, -0.2) is 9.78 Å². The lowest BCUT2D eigenvalue weighted by Gasteiger charge is -2.43. The van der Waals surface area contributed by atoms with Crippen molar-refractivity contribution in [2.75, 3.05) is 32.4 Å². The van der Waals surface area contributed by atoms with Crippen LogP contribution in [0.2, 0.25) is 0 Å². The Morgan fingerprint density at radius 1 is 1.33 bits per heavy atom. The first-order chi connectivity index (χ1) is 14.3. The monoisotopic (exact) mass is 431 g/mol. The van der Waals surface area contributed by atoms with Crippen molar-refractivity contribution in [2.45, 2.75) is 32.6 Å². The highest BCUT2D eigenvalue weighted by atomic mass is 32.1. The van der Waals surface area contributed by atoms with Gasteiger partial charge in [0.25, 0.3) is 0 Å². The lowest BCUT2D eigenvalue weighted by atomic mass is 10.1. The Hall–Kier alpha value is -2.92. The highest BCUT2D eigenvalue weighted by Gasteiger charge is 2.47. The highest BCUT2D eigenvalue weighted by molar-refractivity contribution is 7.22. The average molecular weight is 432 g/mol. The van der Waals surface area contributed by atoms with Gasteiger partial charge in [0.05, 0.1) is 23.3 Å². The van der Waals surface area contributed by atoms with E-state index in [1.165, 1.54) is 11.3 Å². The third-order valence-corrected chi connectivity index (χ3v) is 6.28. The summed E-state index contributed by atoms with van der Waals surface area (Å²) in [5.41, 5.74) is 7.56. The first-order valence-electron chi connectivity index (χ1n) is 9.78. The fourth-order valence-electron chi connectivity index (χ4n) is 4.08. The van der Waals surface area contributed by atoms with Gasteiger partial charge in [-0.1, -0.05) is 23.5 Å². The second-order valence-electron chi connectivity index (χ2n) is 7.68. The van der Waals surface area contributed by atoms with Crippen molar-refractivity contribution in [1.82, 2.24) is 30.1 Å². The predicted molar refractivity (Wildman–Crippen MR) is 113 cm³/mol. The summed E-state index contributed by atoms with van der Waals surface area (Å²) in [7, 11) is 1.56. The normalized spacial score (nSPS) is 19.7. The molecule has 4 amide bonds. The molecule has 0 radical (unpaired) electrons. The number of hydrogen-bond acceptors (Lipinski definition) is 7. The maximum Gasteiger partial charge on any atom is 0.331 e. The summed E-state index contributed by atoms with van der Waals surface area (Å²) in [5, 5.41) is 6.43. The lowest BCUT2D eigenvalue weighted by Crippen LogP contribution is -2.63. The summed E-state index contributed by atoms with van der Waals surface area (Å²) in [6.45, 7) is 4.52. The Kier molecular flexibility index (Phi) is 5.24. The van der Waals surface area contributed by atoms with Crippen molar-refractivity contribution in [2.24, 2.45) is 0 Å². The van der Waals surface area contributed by atoms with Crippen molar-refractivity contribution in [3.8, 4) is 0 Å². The third kappa shape index (κ3) is 3.43. The summed E-state index contributed by atoms with van der Waals surface area (Å²) in [6, 6.07) is 5.38. The van der Waals surface area contributed by atoms with Gasteiger partial charge in [-0.15, -0.1) is 0 Å². The van der Waals surface area contributed by atoms with Crippen LogP contribution in [0.15, 0.2) is 18.2 Å². The van der Waals surface area contributed by atoms with E-state index in [9.17, 15) is 14.4 Å². The quantitative estimate of drug-likeness (QED) is 0.735. The Balaban J connectivity index is 1.61. The molecule has 3 N–H and O–H groups in total. The molecule has 0 saturated carbocycles. The molecule has 1 aromatic heterocycles. The van der Waals surface area contributed by atoms with Gasteiger partial charge < -0.3 is 20.9 Å². The molecule has 1 aromatic carbocycles.